The minimum absolute atomic E-state index is 0.158. The molecule has 82 valence electrons. The molecule has 3 heteroatoms. The third kappa shape index (κ3) is 3.35. The summed E-state index contributed by atoms with van der Waals surface area (Å²) in [6, 6.07) is 4.85. The zero-order valence-electron chi connectivity index (χ0n) is 9.10. The molecule has 0 amide bonds. The molecule has 0 aliphatic rings. The summed E-state index contributed by atoms with van der Waals surface area (Å²) in [6.45, 7) is 8.23. The average Bonchev–Trinajstić information content (AvgIpc) is 2.05. The van der Waals surface area contributed by atoms with Gasteiger partial charge in [0.1, 0.15) is 5.75 Å². The van der Waals surface area contributed by atoms with Crippen LogP contribution in [0.2, 0.25) is 0 Å². The van der Waals surface area contributed by atoms with E-state index in [-0.39, 0.29) is 5.75 Å². The number of aryl methyl sites for hydroxylation is 1. The third-order valence-corrected chi connectivity index (χ3v) is 1.97. The van der Waals surface area contributed by atoms with E-state index in [4.69, 9.17) is 0 Å². The number of hydrogen-bond acceptors (Lipinski definition) is 1. The number of hydrogen-bond donors (Lipinski definition) is 0. The Balaban J connectivity index is 3.03. The lowest BCUT2D eigenvalue weighted by atomic mass is 10.0. The highest BCUT2D eigenvalue weighted by molar-refractivity contribution is 5.65. The standard InChI is InChI=1S/C12H14F2O/c1-8(2)11-7-10(6-5-9(11)3)15-12(4,13)14/h5-7H,1H2,2-4H3. The summed E-state index contributed by atoms with van der Waals surface area (Å²) in [7, 11) is 0. The monoisotopic (exact) mass is 212 g/mol. The third-order valence-electron chi connectivity index (χ3n) is 1.97. The maximum absolute atomic E-state index is 12.6. The first-order valence-corrected chi connectivity index (χ1v) is 4.63. The van der Waals surface area contributed by atoms with Crippen LogP contribution in [0.15, 0.2) is 24.8 Å². The quantitative estimate of drug-likeness (QED) is 0.735. The van der Waals surface area contributed by atoms with Crippen molar-refractivity contribution in [2.45, 2.75) is 26.9 Å². The fourth-order valence-electron chi connectivity index (χ4n) is 1.33. The van der Waals surface area contributed by atoms with E-state index in [1.807, 2.05) is 13.8 Å². The van der Waals surface area contributed by atoms with Crippen LogP contribution in [0.25, 0.3) is 5.57 Å². The Kier molecular flexibility index (Phi) is 3.12. The summed E-state index contributed by atoms with van der Waals surface area (Å²) in [5.74, 6) is 0.158. The van der Waals surface area contributed by atoms with Crippen LogP contribution in [-0.2, 0) is 0 Å². The van der Waals surface area contributed by atoms with E-state index in [1.54, 1.807) is 12.1 Å². The first-order chi connectivity index (χ1) is 6.79. The first kappa shape index (κ1) is 11.7. The molecule has 0 aromatic heterocycles. The lowest BCUT2D eigenvalue weighted by molar-refractivity contribution is -0.158. The van der Waals surface area contributed by atoms with E-state index in [0.29, 0.717) is 6.92 Å². The highest BCUT2D eigenvalue weighted by Crippen LogP contribution is 2.26. The highest BCUT2D eigenvalue weighted by atomic mass is 19.3. The molecule has 1 nitrogen and oxygen atoms in total. The van der Waals surface area contributed by atoms with Crippen LogP contribution in [0, 0.1) is 6.92 Å². The zero-order valence-corrected chi connectivity index (χ0v) is 9.10. The second-order valence-electron chi connectivity index (χ2n) is 3.67. The number of halogens is 2. The van der Waals surface area contributed by atoms with Crippen molar-refractivity contribution >= 4 is 5.57 Å². The fourth-order valence-corrected chi connectivity index (χ4v) is 1.33. The van der Waals surface area contributed by atoms with Gasteiger partial charge >= 0.3 is 6.11 Å². The Hall–Kier alpha value is -1.38. The van der Waals surface area contributed by atoms with Gasteiger partial charge in [-0.05, 0) is 37.1 Å². The summed E-state index contributed by atoms with van der Waals surface area (Å²) >= 11 is 0. The van der Waals surface area contributed by atoms with Crippen LogP contribution in [0.3, 0.4) is 0 Å². The molecule has 0 fully saturated rings. The molecule has 0 radical (unpaired) electrons. The van der Waals surface area contributed by atoms with E-state index < -0.39 is 6.11 Å². The number of allylic oxidation sites excluding steroid dienone is 1. The van der Waals surface area contributed by atoms with E-state index in [1.165, 1.54) is 6.07 Å². The van der Waals surface area contributed by atoms with Gasteiger partial charge in [0.25, 0.3) is 0 Å². The Morgan fingerprint density at radius 3 is 2.47 bits per heavy atom. The second kappa shape index (κ2) is 4.01. The maximum Gasteiger partial charge on any atom is 0.394 e. The van der Waals surface area contributed by atoms with Gasteiger partial charge in [-0.2, -0.15) is 8.78 Å². The second-order valence-corrected chi connectivity index (χ2v) is 3.67. The van der Waals surface area contributed by atoms with E-state index in [0.717, 1.165) is 16.7 Å². The minimum atomic E-state index is -3.15. The van der Waals surface area contributed by atoms with Gasteiger partial charge in [-0.3, -0.25) is 0 Å². The average molecular weight is 212 g/mol. The molecule has 0 saturated heterocycles. The Bertz CT molecular complexity index is 378. The molecule has 15 heavy (non-hydrogen) atoms. The molecule has 1 rings (SSSR count). The molecular formula is C12H14F2O. The summed E-state index contributed by atoms with van der Waals surface area (Å²) in [5.41, 5.74) is 2.67. The van der Waals surface area contributed by atoms with Crippen molar-refractivity contribution < 1.29 is 13.5 Å². The van der Waals surface area contributed by atoms with E-state index >= 15 is 0 Å². The van der Waals surface area contributed by atoms with Crippen LogP contribution in [0.4, 0.5) is 8.78 Å². The van der Waals surface area contributed by atoms with Gasteiger partial charge < -0.3 is 4.74 Å². The van der Waals surface area contributed by atoms with Crippen molar-refractivity contribution in [2.75, 3.05) is 0 Å². The van der Waals surface area contributed by atoms with Crippen molar-refractivity contribution in [1.82, 2.24) is 0 Å². The lowest BCUT2D eigenvalue weighted by Gasteiger charge is -2.14. The summed E-state index contributed by atoms with van der Waals surface area (Å²) < 4.78 is 29.7. The molecule has 0 aliphatic heterocycles. The number of benzene rings is 1. The van der Waals surface area contributed by atoms with Crippen LogP contribution in [0.5, 0.6) is 5.75 Å². The molecule has 1 aromatic rings. The van der Waals surface area contributed by atoms with Crippen molar-refractivity contribution in [3.05, 3.63) is 35.9 Å². The lowest BCUT2D eigenvalue weighted by Crippen LogP contribution is -2.19. The molecule has 0 spiro atoms. The minimum Gasteiger partial charge on any atom is -0.433 e. The molecule has 0 aliphatic carbocycles. The van der Waals surface area contributed by atoms with Crippen LogP contribution in [0.1, 0.15) is 25.0 Å². The normalized spacial score (nSPS) is 11.3. The van der Waals surface area contributed by atoms with E-state index in [9.17, 15) is 8.78 Å². The predicted molar refractivity (Wildman–Crippen MR) is 57.1 cm³/mol. The fraction of sp³-hybridized carbons (Fsp3) is 0.333. The van der Waals surface area contributed by atoms with Gasteiger partial charge in [0.2, 0.25) is 0 Å². The SMILES string of the molecule is C=C(C)c1cc(OC(C)(F)F)ccc1C. The van der Waals surface area contributed by atoms with Crippen molar-refractivity contribution in [2.24, 2.45) is 0 Å². The van der Waals surface area contributed by atoms with Crippen molar-refractivity contribution in [3.8, 4) is 5.75 Å². The highest BCUT2D eigenvalue weighted by Gasteiger charge is 2.23. The van der Waals surface area contributed by atoms with Gasteiger partial charge in [0, 0.05) is 6.92 Å². The molecule has 0 saturated carbocycles. The van der Waals surface area contributed by atoms with Gasteiger partial charge in [-0.15, -0.1) is 0 Å². The molecule has 0 unspecified atom stereocenters. The van der Waals surface area contributed by atoms with Crippen molar-refractivity contribution in [1.29, 1.82) is 0 Å². The molecular weight excluding hydrogens is 198 g/mol. The van der Waals surface area contributed by atoms with E-state index in [2.05, 4.69) is 11.3 Å². The molecule has 0 atom stereocenters. The zero-order chi connectivity index (χ0) is 11.6. The van der Waals surface area contributed by atoms with Gasteiger partial charge in [0.05, 0.1) is 0 Å². The summed E-state index contributed by atoms with van der Waals surface area (Å²) in [6.07, 6.45) is -3.15. The molecule has 1 aromatic carbocycles. The van der Waals surface area contributed by atoms with Crippen LogP contribution < -0.4 is 4.74 Å². The smallest absolute Gasteiger partial charge is 0.394 e. The summed E-state index contributed by atoms with van der Waals surface area (Å²) in [4.78, 5) is 0. The predicted octanol–water partition coefficient (Wildman–Crippen LogP) is 4.02. The Labute approximate surface area is 88.4 Å². The van der Waals surface area contributed by atoms with Gasteiger partial charge in [0.15, 0.2) is 0 Å². The molecule has 0 N–H and O–H groups in total. The Morgan fingerprint density at radius 1 is 1.40 bits per heavy atom. The first-order valence-electron chi connectivity index (χ1n) is 4.63. The number of alkyl halides is 2. The van der Waals surface area contributed by atoms with Gasteiger partial charge in [-0.25, -0.2) is 0 Å². The Morgan fingerprint density at radius 2 is 2.00 bits per heavy atom. The molecule has 0 bridgehead atoms. The van der Waals surface area contributed by atoms with Gasteiger partial charge in [-0.1, -0.05) is 18.2 Å². The van der Waals surface area contributed by atoms with Crippen LogP contribution >= 0.6 is 0 Å². The largest absolute Gasteiger partial charge is 0.433 e. The van der Waals surface area contributed by atoms with Crippen LogP contribution in [-0.4, -0.2) is 6.11 Å². The number of rotatable bonds is 3. The topological polar surface area (TPSA) is 9.23 Å². The maximum atomic E-state index is 12.6. The number of ether oxygens (including phenoxy) is 1. The van der Waals surface area contributed by atoms with Crippen molar-refractivity contribution in [3.63, 3.8) is 0 Å². The molecule has 0 heterocycles. The summed E-state index contributed by atoms with van der Waals surface area (Å²) in [5, 5.41) is 0.